The first kappa shape index (κ1) is 16.3. The van der Waals surface area contributed by atoms with E-state index < -0.39 is 0 Å². The van der Waals surface area contributed by atoms with Crippen molar-refractivity contribution in [3.05, 3.63) is 36.3 Å². The van der Waals surface area contributed by atoms with E-state index in [1.807, 2.05) is 18.6 Å². The lowest BCUT2D eigenvalue weighted by Gasteiger charge is -2.21. The number of thiol groups is 1. The monoisotopic (exact) mass is 328 g/mol. The lowest BCUT2D eigenvalue weighted by atomic mass is 9.85. The number of nitrogens with zero attached hydrogens (tertiary/aromatic N) is 2. The molecule has 0 spiro atoms. The van der Waals surface area contributed by atoms with Crippen molar-refractivity contribution < 1.29 is 0 Å². The van der Waals surface area contributed by atoms with Crippen LogP contribution < -0.4 is 4.72 Å². The zero-order valence-corrected chi connectivity index (χ0v) is 14.6. The van der Waals surface area contributed by atoms with E-state index in [9.17, 15) is 0 Å². The van der Waals surface area contributed by atoms with E-state index in [0.29, 0.717) is 11.8 Å². The maximum absolute atomic E-state index is 4.53. The molecule has 0 aromatic carbocycles. The summed E-state index contributed by atoms with van der Waals surface area (Å²) in [5, 5.41) is 2.43. The second-order valence-electron chi connectivity index (χ2n) is 6.54. The summed E-state index contributed by atoms with van der Waals surface area (Å²) in [5.74, 6) is 1.19. The average molecular weight is 328 g/mol. The molecule has 0 aliphatic rings. The molecule has 0 amide bonds. The fraction of sp³-hybridized carbons (Fsp3) is 0.444. The van der Waals surface area contributed by atoms with Crippen LogP contribution in [0.15, 0.2) is 30.7 Å². The molecule has 3 rings (SSSR count). The van der Waals surface area contributed by atoms with E-state index in [0.717, 1.165) is 30.6 Å². The van der Waals surface area contributed by atoms with Crippen LogP contribution in [0.3, 0.4) is 0 Å². The fourth-order valence-electron chi connectivity index (χ4n) is 3.42. The van der Waals surface area contributed by atoms with Crippen LogP contribution in [-0.2, 0) is 0 Å². The van der Waals surface area contributed by atoms with Gasteiger partial charge in [0.1, 0.15) is 5.65 Å². The summed E-state index contributed by atoms with van der Waals surface area (Å²) in [6.07, 6.45) is 9.20. The number of pyridine rings is 2. The highest BCUT2D eigenvalue weighted by Gasteiger charge is 2.18. The van der Waals surface area contributed by atoms with Crippen molar-refractivity contribution >= 4 is 34.8 Å². The molecule has 0 saturated carbocycles. The van der Waals surface area contributed by atoms with E-state index in [1.165, 1.54) is 22.8 Å². The number of hydrogen-bond donors (Lipinski definition) is 3. The molecule has 1 atom stereocenters. The number of nitrogens with one attached hydrogen (secondary N) is 2. The van der Waals surface area contributed by atoms with E-state index in [2.05, 4.69) is 58.5 Å². The predicted molar refractivity (Wildman–Crippen MR) is 99.8 cm³/mol. The summed E-state index contributed by atoms with van der Waals surface area (Å²) in [4.78, 5) is 12.2. The van der Waals surface area contributed by atoms with Crippen molar-refractivity contribution in [3.8, 4) is 0 Å². The Hall–Kier alpha value is -1.59. The van der Waals surface area contributed by atoms with Crippen molar-refractivity contribution in [1.29, 1.82) is 0 Å². The van der Waals surface area contributed by atoms with Crippen molar-refractivity contribution in [3.63, 3.8) is 0 Å². The van der Waals surface area contributed by atoms with Gasteiger partial charge in [0.2, 0.25) is 0 Å². The highest BCUT2D eigenvalue weighted by molar-refractivity contribution is 7.78. The van der Waals surface area contributed by atoms with Crippen LogP contribution in [0.25, 0.3) is 21.9 Å². The summed E-state index contributed by atoms with van der Waals surface area (Å²) in [6.45, 7) is 5.52. The maximum Gasteiger partial charge on any atom is 0.137 e. The molecule has 2 N–H and O–H groups in total. The van der Waals surface area contributed by atoms with Crippen LogP contribution in [0.4, 0.5) is 0 Å². The molecule has 122 valence electrons. The van der Waals surface area contributed by atoms with Crippen LogP contribution >= 0.6 is 12.8 Å². The lowest BCUT2D eigenvalue weighted by Crippen LogP contribution is -2.08. The van der Waals surface area contributed by atoms with Crippen molar-refractivity contribution in [2.75, 3.05) is 6.54 Å². The molecule has 0 aliphatic carbocycles. The van der Waals surface area contributed by atoms with E-state index in [-0.39, 0.29) is 0 Å². The van der Waals surface area contributed by atoms with Crippen molar-refractivity contribution in [2.24, 2.45) is 5.92 Å². The summed E-state index contributed by atoms with van der Waals surface area (Å²) in [6, 6.07) is 4.30. The van der Waals surface area contributed by atoms with Gasteiger partial charge >= 0.3 is 0 Å². The van der Waals surface area contributed by atoms with E-state index >= 15 is 0 Å². The van der Waals surface area contributed by atoms with Gasteiger partial charge in [-0.15, -0.1) is 0 Å². The smallest absolute Gasteiger partial charge is 0.137 e. The van der Waals surface area contributed by atoms with Gasteiger partial charge in [-0.3, -0.25) is 9.71 Å². The average Bonchev–Trinajstić information content (AvgIpc) is 3.02. The Morgan fingerprint density at radius 1 is 1.26 bits per heavy atom. The lowest BCUT2D eigenvalue weighted by molar-refractivity contribution is 0.468. The molecule has 3 aromatic rings. The Bertz CT molecular complexity index is 781. The molecule has 4 nitrogen and oxygen atoms in total. The van der Waals surface area contributed by atoms with Gasteiger partial charge in [-0.1, -0.05) is 26.7 Å². The summed E-state index contributed by atoms with van der Waals surface area (Å²) in [5.41, 5.74) is 3.32. The Morgan fingerprint density at radius 2 is 2.13 bits per heavy atom. The second-order valence-corrected chi connectivity index (χ2v) is 6.85. The minimum Gasteiger partial charge on any atom is -0.346 e. The van der Waals surface area contributed by atoms with Crippen molar-refractivity contribution in [2.45, 2.75) is 39.0 Å². The topological polar surface area (TPSA) is 53.6 Å². The summed E-state index contributed by atoms with van der Waals surface area (Å²) in [7, 11) is 0. The van der Waals surface area contributed by atoms with Gasteiger partial charge < -0.3 is 4.98 Å². The zero-order valence-electron chi connectivity index (χ0n) is 13.7. The van der Waals surface area contributed by atoms with E-state index in [4.69, 9.17) is 0 Å². The van der Waals surface area contributed by atoms with Gasteiger partial charge in [0.25, 0.3) is 0 Å². The first-order valence-corrected chi connectivity index (χ1v) is 8.73. The quantitative estimate of drug-likeness (QED) is 0.443. The van der Waals surface area contributed by atoms with Crippen LogP contribution in [0.2, 0.25) is 0 Å². The molecule has 1 unspecified atom stereocenters. The highest BCUT2D eigenvalue weighted by Crippen LogP contribution is 2.35. The molecule has 23 heavy (non-hydrogen) atoms. The Balaban J connectivity index is 2.08. The molecule has 0 saturated heterocycles. The Labute approximate surface area is 142 Å². The minimum absolute atomic E-state index is 0.530. The maximum atomic E-state index is 4.53. The Morgan fingerprint density at radius 3 is 2.91 bits per heavy atom. The molecule has 0 fully saturated rings. The third-order valence-electron chi connectivity index (χ3n) is 4.36. The molecule has 5 heteroatoms. The minimum atomic E-state index is 0.530. The van der Waals surface area contributed by atoms with Gasteiger partial charge in [-0.05, 0) is 48.8 Å². The van der Waals surface area contributed by atoms with Crippen LogP contribution in [0.1, 0.15) is 44.6 Å². The SMILES string of the molecule is CC(C)CC(CCCNS)c1ccnc2cnc3[nH]ccc3c12. The fourth-order valence-corrected chi connectivity index (χ4v) is 3.58. The van der Waals surface area contributed by atoms with Gasteiger partial charge in [-0.25, -0.2) is 4.98 Å². The zero-order chi connectivity index (χ0) is 16.2. The number of fused-ring (bicyclic) bond motifs is 3. The first-order valence-electron chi connectivity index (χ1n) is 8.28. The Kier molecular flexibility index (Phi) is 5.18. The van der Waals surface area contributed by atoms with Crippen LogP contribution in [-0.4, -0.2) is 21.5 Å². The number of H-pyrrole nitrogens is 1. The number of hydrogen-bond acceptors (Lipinski definition) is 4. The summed E-state index contributed by atoms with van der Waals surface area (Å²) < 4.78 is 2.96. The third kappa shape index (κ3) is 3.51. The van der Waals surface area contributed by atoms with Gasteiger partial charge in [-0.2, -0.15) is 0 Å². The molecular weight excluding hydrogens is 304 g/mol. The van der Waals surface area contributed by atoms with Gasteiger partial charge in [0.15, 0.2) is 0 Å². The van der Waals surface area contributed by atoms with Crippen molar-refractivity contribution in [1.82, 2.24) is 19.7 Å². The third-order valence-corrected chi connectivity index (χ3v) is 4.58. The largest absolute Gasteiger partial charge is 0.346 e. The van der Waals surface area contributed by atoms with Crippen LogP contribution in [0, 0.1) is 5.92 Å². The molecule has 0 aliphatic heterocycles. The molecular formula is C18H24N4S. The standard InChI is InChI=1S/C18H24N4S/c1-12(2)10-13(4-3-7-22-23)14-5-8-19-16-11-21-18-15(17(14)16)6-9-20-18/h5-6,8-9,11-13,22-23H,3-4,7,10H2,1-2H3,(H,20,21). The molecule has 3 aromatic heterocycles. The highest BCUT2D eigenvalue weighted by atomic mass is 32.1. The number of aromatic nitrogens is 3. The first-order chi connectivity index (χ1) is 11.2. The summed E-state index contributed by atoms with van der Waals surface area (Å²) >= 11 is 4.11. The molecule has 0 radical (unpaired) electrons. The normalized spacial score (nSPS) is 13.2. The number of rotatable bonds is 7. The predicted octanol–water partition coefficient (Wildman–Crippen LogP) is 4.46. The van der Waals surface area contributed by atoms with Crippen LogP contribution in [0.5, 0.6) is 0 Å². The molecule has 0 bridgehead atoms. The molecule has 3 heterocycles. The van der Waals surface area contributed by atoms with Gasteiger partial charge in [0, 0.05) is 29.7 Å². The van der Waals surface area contributed by atoms with E-state index in [1.54, 1.807) is 0 Å². The van der Waals surface area contributed by atoms with Gasteiger partial charge in [0.05, 0.1) is 11.7 Å². The number of aromatic amines is 1. The second kappa shape index (κ2) is 7.32.